The van der Waals surface area contributed by atoms with Crippen molar-refractivity contribution < 1.29 is 4.79 Å². The van der Waals surface area contributed by atoms with Gasteiger partial charge in [0.05, 0.1) is 17.0 Å². The first kappa shape index (κ1) is 13.2. The number of aromatic nitrogens is 2. The number of hydrogen-bond acceptors (Lipinski definition) is 3. The van der Waals surface area contributed by atoms with Crippen molar-refractivity contribution in [3.8, 4) is 0 Å². The molecular weight excluding hydrogens is 268 g/mol. The summed E-state index contributed by atoms with van der Waals surface area (Å²) in [5, 5.41) is 4.37. The van der Waals surface area contributed by atoms with Crippen LogP contribution in [0.5, 0.6) is 0 Å². The van der Waals surface area contributed by atoms with E-state index in [0.717, 1.165) is 4.90 Å². The van der Waals surface area contributed by atoms with Gasteiger partial charge in [-0.1, -0.05) is 29.3 Å². The smallest absolute Gasteiger partial charge is 0.192 e. The third-order valence-electron chi connectivity index (χ3n) is 2.55. The van der Waals surface area contributed by atoms with Crippen molar-refractivity contribution in [2.75, 3.05) is 5.75 Å². The number of aryl methyl sites for hydroxylation is 2. The van der Waals surface area contributed by atoms with E-state index in [0.29, 0.717) is 16.5 Å². The van der Waals surface area contributed by atoms with Crippen LogP contribution in [-0.4, -0.2) is 21.3 Å². The summed E-state index contributed by atoms with van der Waals surface area (Å²) in [6.07, 6.45) is 1.49. The Morgan fingerprint density at radius 1 is 1.39 bits per heavy atom. The second kappa shape index (κ2) is 5.59. The van der Waals surface area contributed by atoms with Gasteiger partial charge in [0.1, 0.15) is 5.69 Å². The van der Waals surface area contributed by atoms with Crippen LogP contribution < -0.4 is 0 Å². The van der Waals surface area contributed by atoms with Gasteiger partial charge >= 0.3 is 0 Å². The van der Waals surface area contributed by atoms with Crippen molar-refractivity contribution >= 4 is 29.1 Å². The highest BCUT2D eigenvalue weighted by Crippen LogP contribution is 2.22. The van der Waals surface area contributed by atoms with Crippen LogP contribution in [-0.2, 0) is 7.05 Å². The van der Waals surface area contributed by atoms with Crippen molar-refractivity contribution in [1.29, 1.82) is 0 Å². The Balaban J connectivity index is 2.03. The first-order chi connectivity index (χ1) is 8.58. The molecule has 18 heavy (non-hydrogen) atoms. The zero-order valence-electron chi connectivity index (χ0n) is 10.2. The highest BCUT2D eigenvalue weighted by Gasteiger charge is 2.15. The van der Waals surface area contributed by atoms with E-state index in [4.69, 9.17) is 11.6 Å². The minimum absolute atomic E-state index is 0.00873. The summed E-state index contributed by atoms with van der Waals surface area (Å²) >= 11 is 7.43. The van der Waals surface area contributed by atoms with Crippen molar-refractivity contribution in [2.24, 2.45) is 7.05 Å². The topological polar surface area (TPSA) is 34.9 Å². The summed E-state index contributed by atoms with van der Waals surface area (Å²) in [6.45, 7) is 2.04. The van der Waals surface area contributed by atoms with Crippen molar-refractivity contribution in [1.82, 2.24) is 9.78 Å². The number of thioether (sulfide) groups is 1. The fraction of sp³-hybridized carbons (Fsp3) is 0.231. The number of nitrogens with zero attached hydrogens (tertiary/aromatic N) is 2. The number of hydrogen-bond donors (Lipinski definition) is 0. The highest BCUT2D eigenvalue weighted by molar-refractivity contribution is 8.00. The van der Waals surface area contributed by atoms with E-state index in [-0.39, 0.29) is 5.78 Å². The van der Waals surface area contributed by atoms with Gasteiger partial charge in [-0.15, -0.1) is 11.8 Å². The third kappa shape index (κ3) is 2.94. The SMILES string of the molecule is Cc1ccc(SCC(=O)c2c(Cl)cnn2C)cc1. The number of ketones is 1. The molecule has 0 radical (unpaired) electrons. The molecule has 0 aliphatic rings. The molecule has 0 spiro atoms. The average molecular weight is 281 g/mol. The molecule has 2 rings (SSSR count). The molecule has 0 aliphatic carbocycles. The molecule has 1 aromatic carbocycles. The fourth-order valence-electron chi connectivity index (χ4n) is 1.58. The predicted octanol–water partition coefficient (Wildman–Crippen LogP) is 3.36. The fourth-order valence-corrected chi connectivity index (χ4v) is 2.61. The summed E-state index contributed by atoms with van der Waals surface area (Å²) in [4.78, 5) is 13.1. The predicted molar refractivity (Wildman–Crippen MR) is 74.5 cm³/mol. The first-order valence-corrected chi connectivity index (χ1v) is 6.84. The van der Waals surface area contributed by atoms with Gasteiger partial charge in [0.2, 0.25) is 0 Å². The molecule has 1 aromatic heterocycles. The Bertz CT molecular complexity index is 543. The van der Waals surface area contributed by atoms with Gasteiger partial charge in [0, 0.05) is 11.9 Å². The first-order valence-electron chi connectivity index (χ1n) is 5.48. The zero-order valence-corrected chi connectivity index (χ0v) is 11.8. The van der Waals surface area contributed by atoms with Crippen LogP contribution in [0.1, 0.15) is 16.1 Å². The quantitative estimate of drug-likeness (QED) is 0.636. The van der Waals surface area contributed by atoms with Crippen LogP contribution >= 0.6 is 23.4 Å². The number of Topliss-reactive ketones (excluding diaryl/α,β-unsaturated/α-hetero) is 1. The average Bonchev–Trinajstić information content (AvgIpc) is 2.68. The van der Waals surface area contributed by atoms with Gasteiger partial charge in [-0.05, 0) is 19.1 Å². The standard InChI is InChI=1S/C13H13ClN2OS/c1-9-3-5-10(6-4-9)18-8-12(17)13-11(14)7-15-16(13)2/h3-7H,8H2,1-2H3. The van der Waals surface area contributed by atoms with Crippen molar-refractivity contribution in [3.05, 3.63) is 46.7 Å². The van der Waals surface area contributed by atoms with E-state index in [1.165, 1.54) is 28.2 Å². The van der Waals surface area contributed by atoms with Crippen LogP contribution in [0.15, 0.2) is 35.4 Å². The van der Waals surface area contributed by atoms with Crippen molar-refractivity contribution in [2.45, 2.75) is 11.8 Å². The lowest BCUT2D eigenvalue weighted by molar-refractivity contribution is 0.101. The number of halogens is 1. The Kier molecular flexibility index (Phi) is 4.09. The lowest BCUT2D eigenvalue weighted by Crippen LogP contribution is -2.09. The summed E-state index contributed by atoms with van der Waals surface area (Å²) in [5.41, 5.74) is 1.68. The maximum absolute atomic E-state index is 12.0. The molecule has 1 heterocycles. The van der Waals surface area contributed by atoms with Crippen LogP contribution in [0.25, 0.3) is 0 Å². The number of rotatable bonds is 4. The number of carbonyl (C=O) groups is 1. The summed E-state index contributed by atoms with van der Waals surface area (Å²) in [7, 11) is 1.72. The zero-order chi connectivity index (χ0) is 13.1. The third-order valence-corrected chi connectivity index (χ3v) is 3.84. The van der Waals surface area contributed by atoms with E-state index in [2.05, 4.69) is 5.10 Å². The van der Waals surface area contributed by atoms with Gasteiger partial charge in [-0.25, -0.2) is 0 Å². The summed E-state index contributed by atoms with van der Waals surface area (Å²) in [6, 6.07) is 8.09. The second-order valence-corrected chi connectivity index (χ2v) is 5.45. The van der Waals surface area contributed by atoms with Gasteiger partial charge in [-0.2, -0.15) is 5.10 Å². The number of benzene rings is 1. The summed E-state index contributed by atoms with van der Waals surface area (Å²) < 4.78 is 1.51. The lowest BCUT2D eigenvalue weighted by atomic mass is 10.2. The van der Waals surface area contributed by atoms with Crippen LogP contribution in [0.4, 0.5) is 0 Å². The molecule has 0 bridgehead atoms. The Hall–Kier alpha value is -1.26. The molecule has 0 unspecified atom stereocenters. The van der Waals surface area contributed by atoms with Crippen LogP contribution in [0.2, 0.25) is 5.02 Å². The van der Waals surface area contributed by atoms with Crippen molar-refractivity contribution in [3.63, 3.8) is 0 Å². The minimum Gasteiger partial charge on any atom is -0.291 e. The molecule has 3 nitrogen and oxygen atoms in total. The molecular formula is C13H13ClN2OS. The Morgan fingerprint density at radius 2 is 2.06 bits per heavy atom. The minimum atomic E-state index is -0.00873. The van der Waals surface area contributed by atoms with E-state index >= 15 is 0 Å². The second-order valence-electron chi connectivity index (χ2n) is 3.99. The number of carbonyl (C=O) groups excluding carboxylic acids is 1. The molecule has 0 N–H and O–H groups in total. The largest absolute Gasteiger partial charge is 0.291 e. The van der Waals surface area contributed by atoms with E-state index in [1.54, 1.807) is 7.05 Å². The van der Waals surface area contributed by atoms with Gasteiger partial charge in [0.25, 0.3) is 0 Å². The van der Waals surface area contributed by atoms with Gasteiger partial charge in [-0.3, -0.25) is 9.48 Å². The molecule has 0 aliphatic heterocycles. The summed E-state index contributed by atoms with van der Waals surface area (Å²) in [5.74, 6) is 0.355. The van der Waals surface area contributed by atoms with E-state index in [9.17, 15) is 4.79 Å². The van der Waals surface area contributed by atoms with Gasteiger partial charge in [0.15, 0.2) is 5.78 Å². The molecule has 0 saturated heterocycles. The Morgan fingerprint density at radius 3 is 2.61 bits per heavy atom. The molecule has 0 atom stereocenters. The molecule has 5 heteroatoms. The maximum atomic E-state index is 12.0. The molecule has 0 fully saturated rings. The highest BCUT2D eigenvalue weighted by atomic mass is 35.5. The monoisotopic (exact) mass is 280 g/mol. The van der Waals surface area contributed by atoms with E-state index in [1.807, 2.05) is 31.2 Å². The van der Waals surface area contributed by atoms with Gasteiger partial charge < -0.3 is 0 Å². The molecule has 2 aromatic rings. The van der Waals surface area contributed by atoms with Crippen LogP contribution in [0.3, 0.4) is 0 Å². The normalized spacial score (nSPS) is 10.6. The van der Waals surface area contributed by atoms with Crippen LogP contribution in [0, 0.1) is 6.92 Å². The molecule has 0 amide bonds. The molecule has 94 valence electrons. The lowest BCUT2D eigenvalue weighted by Gasteiger charge is -2.03. The molecule has 0 saturated carbocycles. The maximum Gasteiger partial charge on any atom is 0.192 e. The van der Waals surface area contributed by atoms with E-state index < -0.39 is 0 Å². The Labute approximate surface area is 115 Å².